The molecule has 1 heterocycles. The van der Waals surface area contributed by atoms with Crippen LogP contribution in [0.15, 0.2) is 59.7 Å². The summed E-state index contributed by atoms with van der Waals surface area (Å²) in [6, 6.07) is 15.2. The second kappa shape index (κ2) is 6.12. The van der Waals surface area contributed by atoms with E-state index >= 15 is 0 Å². The van der Waals surface area contributed by atoms with Crippen molar-refractivity contribution in [2.24, 2.45) is 4.99 Å². The number of aromatic nitrogens is 1. The van der Waals surface area contributed by atoms with E-state index in [1.807, 2.05) is 54.7 Å². The van der Waals surface area contributed by atoms with Crippen molar-refractivity contribution in [2.75, 3.05) is 6.54 Å². The van der Waals surface area contributed by atoms with Crippen LogP contribution in [0, 0.1) is 0 Å². The molecule has 0 aliphatic rings. The monoisotopic (exact) mass is 298 g/mol. The molecule has 0 saturated heterocycles. The van der Waals surface area contributed by atoms with Crippen LogP contribution in [0.5, 0.6) is 0 Å². The summed E-state index contributed by atoms with van der Waals surface area (Å²) in [7, 11) is 0. The first-order chi connectivity index (χ1) is 10.2. The van der Waals surface area contributed by atoms with Gasteiger partial charge in [-0.15, -0.1) is 0 Å². The second-order valence-electron chi connectivity index (χ2n) is 4.85. The molecule has 21 heavy (non-hydrogen) atoms. The number of nitrogens with one attached hydrogen (secondary N) is 1. The number of fused-ring (bicyclic) bond motifs is 1. The van der Waals surface area contributed by atoms with Crippen molar-refractivity contribution < 1.29 is 5.11 Å². The number of halogens is 1. The van der Waals surface area contributed by atoms with Crippen LogP contribution in [0.2, 0.25) is 5.02 Å². The van der Waals surface area contributed by atoms with Gasteiger partial charge in [-0.1, -0.05) is 41.9 Å². The summed E-state index contributed by atoms with van der Waals surface area (Å²) < 4.78 is 0. The van der Waals surface area contributed by atoms with E-state index in [0.717, 1.165) is 22.0 Å². The third-order valence-electron chi connectivity index (χ3n) is 3.37. The molecule has 0 aliphatic heterocycles. The first kappa shape index (κ1) is 13.9. The predicted octanol–water partition coefficient (Wildman–Crippen LogP) is 3.97. The number of H-pyrrole nitrogens is 1. The van der Waals surface area contributed by atoms with Crippen molar-refractivity contribution in [1.82, 2.24) is 4.98 Å². The molecule has 3 nitrogen and oxygen atoms in total. The number of benzene rings is 2. The van der Waals surface area contributed by atoms with Crippen LogP contribution in [0.4, 0.5) is 0 Å². The number of hydrogen-bond acceptors (Lipinski definition) is 2. The molecule has 0 radical (unpaired) electrons. The quantitative estimate of drug-likeness (QED) is 0.703. The molecule has 2 N–H and O–H groups in total. The highest BCUT2D eigenvalue weighted by atomic mass is 35.5. The van der Waals surface area contributed by atoms with Crippen LogP contribution in [-0.4, -0.2) is 22.8 Å². The molecule has 1 unspecified atom stereocenters. The standard InChI is InChI=1S/C17H15ClN2O/c18-14-6-7-16-15(8-14)13(10-20-16)9-19-11-17(21)12-4-2-1-3-5-12/h1-10,17,20-21H,11H2. The first-order valence-corrected chi connectivity index (χ1v) is 7.11. The number of aliphatic imine (C=N–C) groups is 1. The molecule has 2 aromatic carbocycles. The van der Waals surface area contributed by atoms with Crippen LogP contribution in [0.1, 0.15) is 17.2 Å². The summed E-state index contributed by atoms with van der Waals surface area (Å²) in [6.07, 6.45) is 3.07. The zero-order chi connectivity index (χ0) is 14.7. The molecule has 3 aromatic rings. The van der Waals surface area contributed by atoms with Gasteiger partial charge in [-0.3, -0.25) is 4.99 Å². The van der Waals surface area contributed by atoms with Gasteiger partial charge in [0, 0.05) is 33.9 Å². The second-order valence-corrected chi connectivity index (χ2v) is 5.29. The van der Waals surface area contributed by atoms with Crippen molar-refractivity contribution in [3.63, 3.8) is 0 Å². The van der Waals surface area contributed by atoms with Gasteiger partial charge >= 0.3 is 0 Å². The van der Waals surface area contributed by atoms with Crippen molar-refractivity contribution in [3.05, 3.63) is 70.9 Å². The van der Waals surface area contributed by atoms with Crippen molar-refractivity contribution in [1.29, 1.82) is 0 Å². The van der Waals surface area contributed by atoms with Gasteiger partial charge < -0.3 is 10.1 Å². The molecule has 106 valence electrons. The molecular formula is C17H15ClN2O. The maximum absolute atomic E-state index is 10.1. The Morgan fingerprint density at radius 2 is 2.00 bits per heavy atom. The lowest BCUT2D eigenvalue weighted by Crippen LogP contribution is -2.01. The summed E-state index contributed by atoms with van der Waals surface area (Å²) in [5, 5.41) is 11.8. The average Bonchev–Trinajstić information content (AvgIpc) is 2.90. The minimum atomic E-state index is -0.587. The van der Waals surface area contributed by atoms with Gasteiger partial charge in [-0.2, -0.15) is 0 Å². The highest BCUT2D eigenvalue weighted by Crippen LogP contribution is 2.21. The molecule has 1 aromatic heterocycles. The fourth-order valence-electron chi connectivity index (χ4n) is 2.25. The topological polar surface area (TPSA) is 48.4 Å². The van der Waals surface area contributed by atoms with E-state index in [2.05, 4.69) is 9.98 Å². The number of aliphatic hydroxyl groups excluding tert-OH is 1. The lowest BCUT2D eigenvalue weighted by Gasteiger charge is -2.06. The minimum Gasteiger partial charge on any atom is -0.386 e. The Kier molecular flexibility index (Phi) is 4.04. The normalized spacial score (nSPS) is 13.0. The fraction of sp³-hybridized carbons (Fsp3) is 0.118. The Bertz CT molecular complexity index is 765. The smallest absolute Gasteiger partial charge is 0.0985 e. The summed E-state index contributed by atoms with van der Waals surface area (Å²) in [5.74, 6) is 0. The van der Waals surface area contributed by atoms with Gasteiger partial charge in [0.05, 0.1) is 12.6 Å². The zero-order valence-corrected chi connectivity index (χ0v) is 12.1. The molecule has 4 heteroatoms. The van der Waals surface area contributed by atoms with Gasteiger partial charge in [-0.05, 0) is 23.8 Å². The third-order valence-corrected chi connectivity index (χ3v) is 3.60. The zero-order valence-electron chi connectivity index (χ0n) is 11.3. The highest BCUT2D eigenvalue weighted by molar-refractivity contribution is 6.31. The van der Waals surface area contributed by atoms with Crippen molar-refractivity contribution >= 4 is 28.7 Å². The first-order valence-electron chi connectivity index (χ1n) is 6.73. The van der Waals surface area contributed by atoms with Gasteiger partial charge in [0.2, 0.25) is 0 Å². The van der Waals surface area contributed by atoms with E-state index < -0.39 is 6.10 Å². The number of aliphatic hydroxyl groups is 1. The molecule has 0 saturated carbocycles. The summed E-state index contributed by atoms with van der Waals surface area (Å²) in [4.78, 5) is 7.50. The van der Waals surface area contributed by atoms with E-state index in [1.54, 1.807) is 6.21 Å². The Hall–Kier alpha value is -2.10. The summed E-state index contributed by atoms with van der Waals surface area (Å²) >= 11 is 6.01. The number of nitrogens with zero attached hydrogens (tertiary/aromatic N) is 1. The summed E-state index contributed by atoms with van der Waals surface area (Å²) in [6.45, 7) is 0.331. The van der Waals surface area contributed by atoms with Crippen LogP contribution in [-0.2, 0) is 0 Å². The van der Waals surface area contributed by atoms with Gasteiger partial charge in [0.25, 0.3) is 0 Å². The maximum Gasteiger partial charge on any atom is 0.0985 e. The Morgan fingerprint density at radius 3 is 2.81 bits per heavy atom. The number of rotatable bonds is 4. The number of hydrogen-bond donors (Lipinski definition) is 2. The van der Waals surface area contributed by atoms with Crippen molar-refractivity contribution in [3.8, 4) is 0 Å². The Balaban J connectivity index is 1.75. The number of aromatic amines is 1. The predicted molar refractivity (Wildman–Crippen MR) is 87.2 cm³/mol. The van der Waals surface area contributed by atoms with Gasteiger partial charge in [0.1, 0.15) is 0 Å². The lowest BCUT2D eigenvalue weighted by molar-refractivity contribution is 0.187. The van der Waals surface area contributed by atoms with Crippen molar-refractivity contribution in [2.45, 2.75) is 6.10 Å². The van der Waals surface area contributed by atoms with Crippen LogP contribution in [0.3, 0.4) is 0 Å². The van der Waals surface area contributed by atoms with Gasteiger partial charge in [0.15, 0.2) is 0 Å². The minimum absolute atomic E-state index is 0.331. The molecular weight excluding hydrogens is 284 g/mol. The lowest BCUT2D eigenvalue weighted by atomic mass is 10.1. The Morgan fingerprint density at radius 1 is 1.19 bits per heavy atom. The third kappa shape index (κ3) is 3.15. The van der Waals surface area contributed by atoms with E-state index in [9.17, 15) is 5.11 Å². The van der Waals surface area contributed by atoms with E-state index in [4.69, 9.17) is 11.6 Å². The van der Waals surface area contributed by atoms with Crippen LogP contribution >= 0.6 is 11.6 Å². The van der Waals surface area contributed by atoms with E-state index in [1.165, 1.54) is 0 Å². The van der Waals surface area contributed by atoms with E-state index in [-0.39, 0.29) is 0 Å². The van der Waals surface area contributed by atoms with E-state index in [0.29, 0.717) is 11.6 Å². The maximum atomic E-state index is 10.1. The fourth-order valence-corrected chi connectivity index (χ4v) is 2.42. The van der Waals surface area contributed by atoms with Gasteiger partial charge in [-0.25, -0.2) is 0 Å². The Labute approximate surface area is 127 Å². The molecule has 1 atom stereocenters. The summed E-state index contributed by atoms with van der Waals surface area (Å²) in [5.41, 5.74) is 2.86. The molecule has 0 aliphatic carbocycles. The average molecular weight is 299 g/mol. The molecule has 0 bridgehead atoms. The molecule has 0 amide bonds. The molecule has 0 spiro atoms. The van der Waals surface area contributed by atoms with Crippen LogP contribution in [0.25, 0.3) is 10.9 Å². The van der Waals surface area contributed by atoms with Crippen LogP contribution < -0.4 is 0 Å². The molecule has 0 fully saturated rings. The largest absolute Gasteiger partial charge is 0.386 e. The molecule has 3 rings (SSSR count). The SMILES string of the molecule is OC(CN=Cc1c[nH]c2ccc(Cl)cc12)c1ccccc1. The highest BCUT2D eigenvalue weighted by Gasteiger charge is 2.05.